The Bertz CT molecular complexity index is 930. The van der Waals surface area contributed by atoms with Crippen LogP contribution in [0.3, 0.4) is 0 Å². The second-order valence-corrected chi connectivity index (χ2v) is 9.40. The number of hydrogen-bond acceptors (Lipinski definition) is 5. The van der Waals surface area contributed by atoms with Crippen LogP contribution in [0.15, 0.2) is 46.9 Å². The van der Waals surface area contributed by atoms with Crippen molar-refractivity contribution in [3.8, 4) is 0 Å². The van der Waals surface area contributed by atoms with E-state index in [1.807, 2.05) is 31.2 Å². The van der Waals surface area contributed by atoms with E-state index in [4.69, 9.17) is 0 Å². The number of carbonyl (C=O) groups is 1. The van der Waals surface area contributed by atoms with Gasteiger partial charge in [-0.15, -0.1) is 21.5 Å². The molecule has 1 aromatic carbocycles. The minimum absolute atomic E-state index is 0.0144. The molecule has 0 radical (unpaired) electrons. The van der Waals surface area contributed by atoms with Crippen LogP contribution in [-0.4, -0.2) is 25.9 Å². The topological polar surface area (TPSA) is 59.8 Å². The monoisotopic (exact) mass is 412 g/mol. The molecule has 146 valence electrons. The summed E-state index contributed by atoms with van der Waals surface area (Å²) in [6.45, 7) is 4.04. The largest absolute Gasteiger partial charge is 0.325 e. The van der Waals surface area contributed by atoms with Gasteiger partial charge in [0.05, 0.1) is 5.25 Å². The summed E-state index contributed by atoms with van der Waals surface area (Å²) < 4.78 is 2.24. The summed E-state index contributed by atoms with van der Waals surface area (Å²) in [6.07, 6.45) is 4.11. The summed E-state index contributed by atoms with van der Waals surface area (Å²) in [4.78, 5) is 13.9. The molecule has 2 heterocycles. The summed E-state index contributed by atoms with van der Waals surface area (Å²) in [5.41, 5.74) is 2.09. The molecule has 0 bridgehead atoms. The van der Waals surface area contributed by atoms with Gasteiger partial charge in [-0.05, 0) is 55.3 Å². The summed E-state index contributed by atoms with van der Waals surface area (Å²) in [5, 5.41) is 14.5. The first-order valence-corrected chi connectivity index (χ1v) is 11.4. The number of nitrogens with zero attached hydrogens (tertiary/aromatic N) is 3. The van der Waals surface area contributed by atoms with Gasteiger partial charge in [-0.2, -0.15) is 0 Å². The van der Waals surface area contributed by atoms with Crippen LogP contribution in [0.4, 0.5) is 5.69 Å². The Morgan fingerprint density at radius 1 is 1.29 bits per heavy atom. The van der Waals surface area contributed by atoms with Crippen molar-refractivity contribution in [1.29, 1.82) is 0 Å². The number of anilines is 1. The summed E-state index contributed by atoms with van der Waals surface area (Å²) in [6, 6.07) is 12.7. The first-order valence-electron chi connectivity index (χ1n) is 9.66. The van der Waals surface area contributed by atoms with E-state index in [2.05, 4.69) is 44.5 Å². The third-order valence-electron chi connectivity index (χ3n) is 4.84. The fraction of sp³-hybridized carbons (Fsp3) is 0.381. The van der Waals surface area contributed by atoms with Crippen LogP contribution in [0.25, 0.3) is 0 Å². The standard InChI is InChI=1S/C21H24N4OS2/c1-3-15-6-8-16(9-7-15)22-20(26)14(2)28-21-24-23-19(25(21)17-10-11-17)13-18-5-4-12-27-18/h4-9,12,14,17H,3,10-11,13H2,1-2H3,(H,22,26). The number of hydrogen-bond donors (Lipinski definition) is 1. The number of benzene rings is 1. The molecule has 1 N–H and O–H groups in total. The van der Waals surface area contributed by atoms with Gasteiger partial charge in [0.25, 0.3) is 0 Å². The van der Waals surface area contributed by atoms with Crippen molar-refractivity contribution in [3.63, 3.8) is 0 Å². The molecular weight excluding hydrogens is 388 g/mol. The molecule has 5 nitrogen and oxygen atoms in total. The first-order chi connectivity index (χ1) is 13.6. The highest BCUT2D eigenvalue weighted by Gasteiger charge is 2.31. The second-order valence-electron chi connectivity index (χ2n) is 7.06. The predicted molar refractivity (Wildman–Crippen MR) is 115 cm³/mol. The van der Waals surface area contributed by atoms with E-state index in [-0.39, 0.29) is 11.2 Å². The zero-order chi connectivity index (χ0) is 19.5. The Kier molecular flexibility index (Phi) is 5.82. The highest BCUT2D eigenvalue weighted by Crippen LogP contribution is 2.40. The molecule has 1 aliphatic rings. The summed E-state index contributed by atoms with van der Waals surface area (Å²) >= 11 is 3.23. The SMILES string of the molecule is CCc1ccc(NC(=O)C(C)Sc2nnc(Cc3cccs3)n2C2CC2)cc1. The van der Waals surface area contributed by atoms with Crippen molar-refractivity contribution in [1.82, 2.24) is 14.8 Å². The van der Waals surface area contributed by atoms with Gasteiger partial charge in [0, 0.05) is 23.0 Å². The van der Waals surface area contributed by atoms with Gasteiger partial charge in [0.2, 0.25) is 5.91 Å². The van der Waals surface area contributed by atoms with Gasteiger partial charge in [-0.25, -0.2) is 0 Å². The number of aryl methyl sites for hydroxylation is 1. The highest BCUT2D eigenvalue weighted by molar-refractivity contribution is 8.00. The fourth-order valence-corrected chi connectivity index (χ4v) is 4.70. The lowest BCUT2D eigenvalue weighted by Gasteiger charge is -2.13. The molecule has 0 spiro atoms. The first kappa shape index (κ1) is 19.2. The number of aromatic nitrogens is 3. The third-order valence-corrected chi connectivity index (χ3v) is 6.77. The lowest BCUT2D eigenvalue weighted by atomic mass is 10.1. The van der Waals surface area contributed by atoms with Crippen molar-refractivity contribution in [2.75, 3.05) is 5.32 Å². The van der Waals surface area contributed by atoms with Crippen LogP contribution >= 0.6 is 23.1 Å². The van der Waals surface area contributed by atoms with E-state index in [9.17, 15) is 4.79 Å². The van der Waals surface area contributed by atoms with Crippen LogP contribution in [0.1, 0.15) is 49.0 Å². The number of nitrogens with one attached hydrogen (secondary N) is 1. The average molecular weight is 413 g/mol. The maximum atomic E-state index is 12.6. The zero-order valence-electron chi connectivity index (χ0n) is 16.1. The predicted octanol–water partition coefficient (Wildman–Crippen LogP) is 4.95. The lowest BCUT2D eigenvalue weighted by molar-refractivity contribution is -0.115. The zero-order valence-corrected chi connectivity index (χ0v) is 17.7. The molecule has 0 saturated heterocycles. The molecule has 1 saturated carbocycles. The molecule has 7 heteroatoms. The molecule has 1 unspecified atom stereocenters. The van der Waals surface area contributed by atoms with Crippen molar-refractivity contribution in [2.24, 2.45) is 0 Å². The number of carbonyl (C=O) groups excluding carboxylic acids is 1. The van der Waals surface area contributed by atoms with Gasteiger partial charge < -0.3 is 9.88 Å². The molecular formula is C21H24N4OS2. The number of rotatable bonds is 8. The van der Waals surface area contributed by atoms with Crippen molar-refractivity contribution in [3.05, 3.63) is 58.0 Å². The Morgan fingerprint density at radius 3 is 2.71 bits per heavy atom. The summed E-state index contributed by atoms with van der Waals surface area (Å²) in [5.74, 6) is 0.981. The van der Waals surface area contributed by atoms with Gasteiger partial charge >= 0.3 is 0 Å². The normalized spacial score (nSPS) is 14.8. The molecule has 1 fully saturated rings. The van der Waals surface area contributed by atoms with Crippen LogP contribution in [0.5, 0.6) is 0 Å². The summed E-state index contributed by atoms with van der Waals surface area (Å²) in [7, 11) is 0. The smallest absolute Gasteiger partial charge is 0.237 e. The number of amides is 1. The molecule has 0 aliphatic heterocycles. The molecule has 2 aromatic heterocycles. The minimum Gasteiger partial charge on any atom is -0.325 e. The van der Waals surface area contributed by atoms with Crippen LogP contribution in [0, 0.1) is 0 Å². The fourth-order valence-electron chi connectivity index (χ4n) is 3.06. The van der Waals surface area contributed by atoms with Crippen molar-refractivity contribution < 1.29 is 4.79 Å². The van der Waals surface area contributed by atoms with Crippen molar-refractivity contribution in [2.45, 2.75) is 56.0 Å². The van der Waals surface area contributed by atoms with E-state index in [1.54, 1.807) is 11.3 Å². The van der Waals surface area contributed by atoms with Crippen molar-refractivity contribution >= 4 is 34.7 Å². The minimum atomic E-state index is -0.248. The molecule has 1 amide bonds. The number of thiophene rings is 1. The molecule has 4 rings (SSSR count). The van der Waals surface area contributed by atoms with Gasteiger partial charge in [-0.1, -0.05) is 36.9 Å². The Hall–Kier alpha value is -2.12. The maximum absolute atomic E-state index is 12.6. The van der Waals surface area contributed by atoms with Gasteiger partial charge in [0.15, 0.2) is 5.16 Å². The van der Waals surface area contributed by atoms with E-state index in [0.29, 0.717) is 6.04 Å². The quantitative estimate of drug-likeness (QED) is 0.532. The lowest BCUT2D eigenvalue weighted by Crippen LogP contribution is -2.23. The number of thioether (sulfide) groups is 1. The van der Waals surface area contributed by atoms with Crippen LogP contribution in [-0.2, 0) is 17.6 Å². The Morgan fingerprint density at radius 2 is 2.07 bits per heavy atom. The van der Waals surface area contributed by atoms with Gasteiger partial charge in [-0.3, -0.25) is 4.79 Å². The Labute approximate surface area is 173 Å². The van der Waals surface area contributed by atoms with E-state index >= 15 is 0 Å². The van der Waals surface area contributed by atoms with E-state index in [1.165, 1.54) is 22.2 Å². The molecule has 1 atom stereocenters. The molecule has 28 heavy (non-hydrogen) atoms. The average Bonchev–Trinajstić information content (AvgIpc) is 3.26. The molecule has 1 aliphatic carbocycles. The van der Waals surface area contributed by atoms with Gasteiger partial charge in [0.1, 0.15) is 5.82 Å². The highest BCUT2D eigenvalue weighted by atomic mass is 32.2. The molecule has 3 aromatic rings. The Balaban J connectivity index is 1.44. The second kappa shape index (κ2) is 8.49. The van der Waals surface area contributed by atoms with E-state index in [0.717, 1.165) is 42.4 Å². The van der Waals surface area contributed by atoms with Crippen LogP contribution < -0.4 is 5.32 Å². The maximum Gasteiger partial charge on any atom is 0.237 e. The van der Waals surface area contributed by atoms with Crippen LogP contribution in [0.2, 0.25) is 0 Å². The third kappa shape index (κ3) is 4.47. The van der Waals surface area contributed by atoms with E-state index < -0.39 is 0 Å².